The van der Waals surface area contributed by atoms with Crippen LogP contribution in [0, 0.1) is 5.82 Å². The zero-order valence-electron chi connectivity index (χ0n) is 16.1. The molecule has 4 rings (SSSR count). The third kappa shape index (κ3) is 3.73. The summed E-state index contributed by atoms with van der Waals surface area (Å²) in [5, 5.41) is 11.1. The Morgan fingerprint density at radius 1 is 1.23 bits per heavy atom. The lowest BCUT2D eigenvalue weighted by molar-refractivity contribution is -0.117. The van der Waals surface area contributed by atoms with Crippen LogP contribution in [0.25, 0.3) is 11.4 Å². The van der Waals surface area contributed by atoms with Crippen molar-refractivity contribution in [2.75, 3.05) is 21.8 Å². The fraction of sp³-hybridized carbons (Fsp3) is 0.200. The minimum Gasteiger partial charge on any atom is -0.335 e. The number of rotatable bonds is 4. The largest absolute Gasteiger partial charge is 0.335 e. The highest BCUT2D eigenvalue weighted by Gasteiger charge is 2.29. The number of nitrogens with zero attached hydrogens (tertiary/aromatic N) is 4. The monoisotopic (exact) mass is 426 g/mol. The van der Waals surface area contributed by atoms with Gasteiger partial charge in [0.05, 0.1) is 22.7 Å². The minimum atomic E-state index is -0.462. The van der Waals surface area contributed by atoms with Gasteiger partial charge in [0.2, 0.25) is 17.0 Å². The zero-order valence-corrected chi connectivity index (χ0v) is 16.9. The number of carbonyl (C=O) groups is 2. The first kappa shape index (κ1) is 19.9. The third-order valence-corrected chi connectivity index (χ3v) is 5.66. The van der Waals surface area contributed by atoms with E-state index < -0.39 is 5.82 Å². The molecule has 10 heteroatoms. The second-order valence-electron chi connectivity index (χ2n) is 6.83. The molecule has 3 aromatic rings. The molecule has 1 unspecified atom stereocenters. The van der Waals surface area contributed by atoms with Gasteiger partial charge < -0.3 is 16.1 Å². The molecule has 0 spiro atoms. The summed E-state index contributed by atoms with van der Waals surface area (Å²) in [6.07, 6.45) is 0.190. The van der Waals surface area contributed by atoms with E-state index in [0.29, 0.717) is 11.4 Å². The number of hydrogen-bond acceptors (Lipinski definition) is 6. The number of hydrogen-bond donors (Lipinski definition) is 2. The second kappa shape index (κ2) is 8.15. The van der Waals surface area contributed by atoms with Gasteiger partial charge in [-0.3, -0.25) is 9.59 Å². The summed E-state index contributed by atoms with van der Waals surface area (Å²) in [5.41, 5.74) is 1.46. The number of nitrogens with two attached hydrogens (primary N) is 1. The van der Waals surface area contributed by atoms with Crippen molar-refractivity contribution in [1.82, 2.24) is 14.9 Å². The van der Waals surface area contributed by atoms with Crippen molar-refractivity contribution in [1.29, 1.82) is 0 Å². The van der Waals surface area contributed by atoms with Crippen LogP contribution in [0.15, 0.2) is 53.7 Å². The van der Waals surface area contributed by atoms with Gasteiger partial charge in [-0.15, -0.1) is 10.2 Å². The number of halogens is 1. The number of nitrogens with one attached hydrogen (secondary N) is 1. The molecule has 154 valence electrons. The van der Waals surface area contributed by atoms with Gasteiger partial charge in [-0.1, -0.05) is 36.0 Å². The van der Waals surface area contributed by atoms with E-state index in [1.54, 1.807) is 41.3 Å². The first-order valence-electron chi connectivity index (χ1n) is 9.25. The number of benzene rings is 2. The fourth-order valence-corrected chi connectivity index (χ4v) is 4.08. The molecule has 2 heterocycles. The van der Waals surface area contributed by atoms with E-state index in [9.17, 15) is 14.0 Å². The van der Waals surface area contributed by atoms with Crippen molar-refractivity contribution in [2.24, 2.45) is 0 Å². The van der Waals surface area contributed by atoms with Crippen LogP contribution in [0.5, 0.6) is 0 Å². The summed E-state index contributed by atoms with van der Waals surface area (Å²) in [4.78, 5) is 26.8. The molecule has 8 nitrogen and oxygen atoms in total. The van der Waals surface area contributed by atoms with Crippen molar-refractivity contribution in [3.63, 3.8) is 0 Å². The van der Waals surface area contributed by atoms with E-state index in [1.807, 2.05) is 13.0 Å². The van der Waals surface area contributed by atoms with E-state index in [2.05, 4.69) is 15.5 Å². The van der Waals surface area contributed by atoms with Gasteiger partial charge in [-0.05, 0) is 31.2 Å². The van der Waals surface area contributed by atoms with Crippen molar-refractivity contribution in [3.8, 4) is 11.4 Å². The van der Waals surface area contributed by atoms with Crippen LogP contribution in [-0.4, -0.2) is 38.5 Å². The van der Waals surface area contributed by atoms with Gasteiger partial charge in [0, 0.05) is 12.5 Å². The van der Waals surface area contributed by atoms with Crippen molar-refractivity contribution in [3.05, 3.63) is 54.3 Å². The highest BCUT2D eigenvalue weighted by molar-refractivity contribution is 7.99. The SMILES string of the molecule is CC1CC(=O)Nc2ccccc2N1C(=O)CSc1nnc(-c2ccccc2F)n1N. The summed E-state index contributed by atoms with van der Waals surface area (Å²) < 4.78 is 15.2. The number of anilines is 2. The summed E-state index contributed by atoms with van der Waals surface area (Å²) in [6, 6.07) is 13.0. The lowest BCUT2D eigenvalue weighted by Gasteiger charge is -2.27. The molecule has 0 bridgehead atoms. The Morgan fingerprint density at radius 2 is 1.97 bits per heavy atom. The molecule has 0 radical (unpaired) electrons. The number of para-hydroxylation sites is 2. The Labute approximate surface area is 176 Å². The van der Waals surface area contributed by atoms with Crippen molar-refractivity contribution < 1.29 is 14.0 Å². The maximum Gasteiger partial charge on any atom is 0.237 e. The number of thioether (sulfide) groups is 1. The van der Waals surface area contributed by atoms with Crippen LogP contribution in [0.1, 0.15) is 13.3 Å². The van der Waals surface area contributed by atoms with Crippen LogP contribution in [0.4, 0.5) is 15.8 Å². The van der Waals surface area contributed by atoms with Crippen molar-refractivity contribution in [2.45, 2.75) is 24.5 Å². The molecule has 1 atom stereocenters. The summed E-state index contributed by atoms with van der Waals surface area (Å²) in [6.45, 7) is 1.83. The maximum absolute atomic E-state index is 14.0. The van der Waals surface area contributed by atoms with E-state index in [4.69, 9.17) is 5.84 Å². The molecule has 0 aliphatic carbocycles. The standard InChI is InChI=1S/C20H19FN6O2S/c1-12-10-17(28)23-15-8-4-5-9-16(15)26(12)18(29)11-30-20-25-24-19(27(20)22)13-6-2-3-7-14(13)21/h2-9,12H,10-11,22H2,1H3,(H,23,28). The Bertz CT molecular complexity index is 1120. The van der Waals surface area contributed by atoms with Gasteiger partial charge >= 0.3 is 0 Å². The first-order chi connectivity index (χ1) is 14.5. The Kier molecular flexibility index (Phi) is 5.40. The van der Waals surface area contributed by atoms with Gasteiger partial charge in [0.25, 0.3) is 0 Å². The quantitative estimate of drug-likeness (QED) is 0.491. The Hall–Kier alpha value is -3.40. The van der Waals surface area contributed by atoms with Gasteiger partial charge in [0.1, 0.15) is 5.82 Å². The fourth-order valence-electron chi connectivity index (χ4n) is 3.37. The summed E-state index contributed by atoms with van der Waals surface area (Å²) in [7, 11) is 0. The molecule has 3 N–H and O–H groups in total. The third-order valence-electron chi connectivity index (χ3n) is 4.73. The highest BCUT2D eigenvalue weighted by atomic mass is 32.2. The predicted octanol–water partition coefficient (Wildman–Crippen LogP) is 2.65. The van der Waals surface area contributed by atoms with E-state index in [0.717, 1.165) is 11.8 Å². The Morgan fingerprint density at radius 3 is 2.77 bits per heavy atom. The molecule has 1 aliphatic heterocycles. The number of aromatic nitrogens is 3. The van der Waals surface area contributed by atoms with Crippen molar-refractivity contribution >= 4 is 35.0 Å². The zero-order chi connectivity index (χ0) is 21.3. The number of carbonyl (C=O) groups excluding carboxylic acids is 2. The molecule has 1 aliphatic rings. The van der Waals surface area contributed by atoms with Crippen LogP contribution in [0.2, 0.25) is 0 Å². The normalized spacial score (nSPS) is 16.0. The summed E-state index contributed by atoms with van der Waals surface area (Å²) >= 11 is 1.10. The summed E-state index contributed by atoms with van der Waals surface area (Å²) in [5.74, 6) is 5.43. The molecule has 30 heavy (non-hydrogen) atoms. The van der Waals surface area contributed by atoms with E-state index in [-0.39, 0.29) is 46.6 Å². The lowest BCUT2D eigenvalue weighted by Crippen LogP contribution is -2.40. The first-order valence-corrected chi connectivity index (χ1v) is 10.2. The second-order valence-corrected chi connectivity index (χ2v) is 7.77. The van der Waals surface area contributed by atoms with Crippen LogP contribution >= 0.6 is 11.8 Å². The molecule has 0 saturated carbocycles. The predicted molar refractivity (Wildman–Crippen MR) is 113 cm³/mol. The maximum atomic E-state index is 14.0. The molecule has 0 saturated heterocycles. The van der Waals surface area contributed by atoms with Crippen LogP contribution < -0.4 is 16.1 Å². The number of fused-ring (bicyclic) bond motifs is 1. The van der Waals surface area contributed by atoms with E-state index >= 15 is 0 Å². The lowest BCUT2D eigenvalue weighted by atomic mass is 10.2. The number of amides is 2. The van der Waals surface area contributed by atoms with E-state index in [1.165, 1.54) is 10.7 Å². The topological polar surface area (TPSA) is 106 Å². The average molecular weight is 426 g/mol. The molecular weight excluding hydrogens is 407 g/mol. The molecular formula is C20H19FN6O2S. The van der Waals surface area contributed by atoms with Crippen LogP contribution in [-0.2, 0) is 9.59 Å². The highest BCUT2D eigenvalue weighted by Crippen LogP contribution is 2.32. The molecule has 2 amide bonds. The van der Waals surface area contributed by atoms with Gasteiger partial charge in [-0.2, -0.15) is 0 Å². The van der Waals surface area contributed by atoms with Gasteiger partial charge in [-0.25, -0.2) is 9.07 Å². The smallest absolute Gasteiger partial charge is 0.237 e. The van der Waals surface area contributed by atoms with Gasteiger partial charge in [0.15, 0.2) is 5.82 Å². The minimum absolute atomic E-state index is 0.0273. The molecule has 2 aromatic carbocycles. The Balaban J connectivity index is 1.54. The average Bonchev–Trinajstić information content (AvgIpc) is 3.01. The number of nitrogen functional groups attached to an aromatic ring is 1. The molecule has 0 fully saturated rings. The van der Waals surface area contributed by atoms with Crippen LogP contribution in [0.3, 0.4) is 0 Å². The molecule has 1 aromatic heterocycles.